The monoisotopic (exact) mass is 819 g/mol. The molecule has 0 spiro atoms. The van der Waals surface area contributed by atoms with Gasteiger partial charge >= 0.3 is 15.2 Å². The Kier molecular flexibility index (Phi) is 12.4. The summed E-state index contributed by atoms with van der Waals surface area (Å²) in [6.45, 7) is -1.77. The van der Waals surface area contributed by atoms with E-state index in [9.17, 15) is 58.3 Å². The van der Waals surface area contributed by atoms with Gasteiger partial charge in [0.2, 0.25) is 21.0 Å². The molecular weight excluding hydrogens is 782 g/mol. The lowest BCUT2D eigenvalue weighted by molar-refractivity contribution is -0.115. The highest BCUT2D eigenvalue weighted by Gasteiger charge is 2.48. The topological polar surface area (TPSA) is 355 Å². The molecular formula is C25H37N5O18P4. The molecule has 1 aromatic carbocycles. The zero-order valence-corrected chi connectivity index (χ0v) is 30.5. The lowest BCUT2D eigenvalue weighted by Crippen LogP contribution is -2.35. The number of fused-ring (bicyclic) bond motifs is 1. The van der Waals surface area contributed by atoms with E-state index in [4.69, 9.17) is 33.7 Å². The van der Waals surface area contributed by atoms with Crippen molar-refractivity contribution in [1.29, 1.82) is 0 Å². The second-order valence-corrected chi connectivity index (χ2v) is 21.8. The van der Waals surface area contributed by atoms with Crippen LogP contribution in [0.2, 0.25) is 0 Å². The Morgan fingerprint density at radius 3 is 1.87 bits per heavy atom. The molecule has 2 saturated heterocycles. The highest BCUT2D eigenvalue weighted by molar-refractivity contribution is 7.84. The molecule has 2 fully saturated rings. The van der Waals surface area contributed by atoms with E-state index < -0.39 is 110 Å². The number of imidazole rings is 1. The first kappa shape index (κ1) is 40.8. The number of ether oxygens (including phenoxy) is 4. The summed E-state index contributed by atoms with van der Waals surface area (Å²) >= 11 is 0. The molecule has 23 nitrogen and oxygen atoms in total. The van der Waals surface area contributed by atoms with Crippen molar-refractivity contribution in [3.8, 4) is 11.5 Å². The van der Waals surface area contributed by atoms with Crippen molar-refractivity contribution in [3.63, 3.8) is 0 Å². The molecule has 2 aliphatic rings. The van der Waals surface area contributed by atoms with Gasteiger partial charge in [-0.15, -0.1) is 0 Å². The minimum atomic E-state index is -5.07. The molecule has 27 heteroatoms. The third-order valence-corrected chi connectivity index (χ3v) is 18.8. The van der Waals surface area contributed by atoms with Gasteiger partial charge in [-0.05, 0) is 24.3 Å². The zero-order valence-electron chi connectivity index (χ0n) is 26.9. The molecule has 0 saturated carbocycles. The molecule has 0 amide bonds. The molecule has 3 aromatic rings. The molecule has 4 unspecified atom stereocenters. The van der Waals surface area contributed by atoms with Crippen molar-refractivity contribution >= 4 is 46.9 Å². The molecule has 5 rings (SSSR count). The van der Waals surface area contributed by atoms with Crippen molar-refractivity contribution in [1.82, 2.24) is 19.5 Å². The van der Waals surface area contributed by atoms with Crippen LogP contribution in [0, 0.1) is 0 Å². The molecule has 2 aliphatic heterocycles. The maximum Gasteiger partial charge on any atom is 0.337 e. The molecule has 0 aliphatic carbocycles. The molecule has 4 heterocycles. The average molecular weight is 819 g/mol. The number of nitrogen functional groups attached to an aromatic ring is 1. The smallest absolute Gasteiger partial charge is 0.337 e. The summed E-state index contributed by atoms with van der Waals surface area (Å²) in [5.74, 6) is -3.98. The molecule has 0 radical (unpaired) electrons. The summed E-state index contributed by atoms with van der Waals surface area (Å²) in [4.78, 5) is 53.0. The normalized spacial score (nSPS) is 31.0. The third kappa shape index (κ3) is 9.82. The summed E-state index contributed by atoms with van der Waals surface area (Å²) in [7, 11) is -18.8. The van der Waals surface area contributed by atoms with Gasteiger partial charge in [-0.3, -0.25) is 22.8 Å². The summed E-state index contributed by atoms with van der Waals surface area (Å²) in [6.07, 6.45) is -9.93. The number of rotatable bonds is 16. The van der Waals surface area contributed by atoms with Crippen molar-refractivity contribution in [2.75, 3.05) is 43.8 Å². The Balaban J connectivity index is 1.11. The number of benzene rings is 1. The fourth-order valence-electron chi connectivity index (χ4n) is 5.35. The van der Waals surface area contributed by atoms with E-state index in [0.717, 1.165) is 6.33 Å². The number of aromatic nitrogens is 4. The van der Waals surface area contributed by atoms with E-state index in [2.05, 4.69) is 15.0 Å². The van der Waals surface area contributed by atoms with Gasteiger partial charge in [-0.1, -0.05) is 0 Å². The Hall–Kier alpha value is -2.39. The first-order valence-corrected chi connectivity index (χ1v) is 22.6. The Morgan fingerprint density at radius 1 is 0.750 bits per heavy atom. The standard InChI is InChI=1S/C25H37N5O18P4/c1-43-13-2-4-14(5-3-13)46-25-21(34)19(32)16(48-25)7-45-52(41,42)12-50(37,38)10-49(35,36)11-51(39,40)44-6-15-18(31)20(33)24(47-15)30-9-29-17-22(26)27-8-28-23(17)30/h2-5,8-9,15-16,18-21,24-25,31-34H,6-7,10-12H2,1H3,(H,35,36)(H,37,38)(H,39,40)(H,41,42)(H2,26,27,28)/t15-,16-,18-,19-,20-,21-,24-,25-/m1/s1. The summed E-state index contributed by atoms with van der Waals surface area (Å²) in [5.41, 5.74) is 6.06. The Morgan fingerprint density at radius 2 is 1.29 bits per heavy atom. The Labute approximate surface area is 293 Å². The molecule has 2 aromatic heterocycles. The molecule has 290 valence electrons. The van der Waals surface area contributed by atoms with Crippen LogP contribution in [0.25, 0.3) is 11.2 Å². The largest absolute Gasteiger partial charge is 0.497 e. The minimum Gasteiger partial charge on any atom is -0.497 e. The number of hydrogen-bond donors (Lipinski definition) is 9. The zero-order chi connectivity index (χ0) is 38.2. The SMILES string of the molecule is COc1ccc(O[C@@H]2O[C@H](COP(=O)(O)CP(=O)(O)CP(=O)(O)CP(=O)(O)OC[C@H]3O[C@@H](n4cnc5c(N)ncnc54)[C@H](O)[C@@H]3O)[C@@H](O)[C@H]2O)cc1. The highest BCUT2D eigenvalue weighted by atomic mass is 31.3. The van der Waals surface area contributed by atoms with Crippen LogP contribution in [-0.4, -0.2) is 140 Å². The fraction of sp³-hybridized carbons (Fsp3) is 0.560. The number of aliphatic hydroxyl groups excluding tert-OH is 4. The number of nitrogens with zero attached hydrogens (tertiary/aromatic N) is 4. The predicted molar refractivity (Wildman–Crippen MR) is 176 cm³/mol. The summed E-state index contributed by atoms with van der Waals surface area (Å²) in [6, 6.07) is 6.08. The van der Waals surface area contributed by atoms with Crippen LogP contribution in [0.3, 0.4) is 0 Å². The number of aliphatic hydroxyl groups is 4. The van der Waals surface area contributed by atoms with E-state index in [1.807, 2.05) is 0 Å². The predicted octanol–water partition coefficient (Wildman–Crippen LogP) is -0.621. The van der Waals surface area contributed by atoms with E-state index in [-0.39, 0.29) is 22.7 Å². The Bertz CT molecular complexity index is 1920. The van der Waals surface area contributed by atoms with Crippen LogP contribution in [0.1, 0.15) is 6.23 Å². The second kappa shape index (κ2) is 15.8. The average Bonchev–Trinajstić information content (AvgIpc) is 3.68. The van der Waals surface area contributed by atoms with E-state index in [1.165, 1.54) is 30.1 Å². The van der Waals surface area contributed by atoms with Gasteiger partial charge in [0.25, 0.3) is 0 Å². The van der Waals surface area contributed by atoms with Gasteiger partial charge in [-0.2, -0.15) is 0 Å². The van der Waals surface area contributed by atoms with Crippen LogP contribution < -0.4 is 15.2 Å². The molecule has 52 heavy (non-hydrogen) atoms. The summed E-state index contributed by atoms with van der Waals surface area (Å²) in [5, 5.41) is 41.6. The fourth-order valence-corrected chi connectivity index (χ4v) is 16.3. The maximum atomic E-state index is 12.8. The number of nitrogens with two attached hydrogens (primary N) is 1. The first-order valence-electron chi connectivity index (χ1n) is 15.0. The van der Waals surface area contributed by atoms with Crippen molar-refractivity contribution < 1.29 is 86.3 Å². The molecule has 10 N–H and O–H groups in total. The van der Waals surface area contributed by atoms with Crippen LogP contribution in [-0.2, 0) is 36.8 Å². The first-order chi connectivity index (χ1) is 24.2. The van der Waals surface area contributed by atoms with Crippen LogP contribution in [0.4, 0.5) is 5.82 Å². The van der Waals surface area contributed by atoms with E-state index in [1.54, 1.807) is 12.1 Å². The van der Waals surface area contributed by atoms with Crippen molar-refractivity contribution in [2.45, 2.75) is 49.1 Å². The number of methoxy groups -OCH3 is 1. The van der Waals surface area contributed by atoms with Gasteiger partial charge in [0, 0.05) is 0 Å². The quantitative estimate of drug-likeness (QED) is 0.0813. The third-order valence-electron chi connectivity index (χ3n) is 7.75. The van der Waals surface area contributed by atoms with Crippen LogP contribution in [0.5, 0.6) is 11.5 Å². The van der Waals surface area contributed by atoms with Crippen LogP contribution in [0.15, 0.2) is 36.9 Å². The molecule has 12 atom stereocenters. The summed E-state index contributed by atoms with van der Waals surface area (Å²) < 4.78 is 83.4. The van der Waals surface area contributed by atoms with Gasteiger partial charge in [-0.25, -0.2) is 15.0 Å². The van der Waals surface area contributed by atoms with E-state index in [0.29, 0.717) is 5.75 Å². The molecule has 0 bridgehead atoms. The number of anilines is 1. The minimum absolute atomic E-state index is 0.0260. The van der Waals surface area contributed by atoms with Crippen LogP contribution >= 0.6 is 29.9 Å². The van der Waals surface area contributed by atoms with Crippen molar-refractivity contribution in [2.24, 2.45) is 0 Å². The van der Waals surface area contributed by atoms with Gasteiger partial charge in [0.1, 0.15) is 77.7 Å². The number of hydrogen-bond acceptors (Lipinski definition) is 18. The lowest BCUT2D eigenvalue weighted by atomic mass is 10.1. The second-order valence-electron chi connectivity index (χ2n) is 11.9. The van der Waals surface area contributed by atoms with Gasteiger partial charge in [0.15, 0.2) is 17.7 Å². The highest BCUT2D eigenvalue weighted by Crippen LogP contribution is 2.68. The lowest BCUT2D eigenvalue weighted by Gasteiger charge is -2.22. The maximum absolute atomic E-state index is 12.8. The van der Waals surface area contributed by atoms with Crippen molar-refractivity contribution in [3.05, 3.63) is 36.9 Å². The van der Waals surface area contributed by atoms with Gasteiger partial charge < -0.3 is 73.7 Å². The van der Waals surface area contributed by atoms with Gasteiger partial charge in [0.05, 0.1) is 26.7 Å². The van der Waals surface area contributed by atoms with E-state index >= 15 is 0 Å².